The van der Waals surface area contributed by atoms with Gasteiger partial charge in [0, 0.05) is 77.6 Å². The first kappa shape index (κ1) is 27.2. The van der Waals surface area contributed by atoms with Gasteiger partial charge < -0.3 is 30.5 Å². The molecule has 0 spiro atoms. The fourth-order valence-corrected chi connectivity index (χ4v) is 3.81. The van der Waals surface area contributed by atoms with Crippen LogP contribution >= 0.6 is 11.3 Å². The molecule has 10 nitrogen and oxygen atoms in total. The van der Waals surface area contributed by atoms with Gasteiger partial charge in [-0.25, -0.2) is 4.98 Å². The number of carbonyl (C=O) groups excluding carboxylic acids is 1. The quantitative estimate of drug-likeness (QED) is 0.462. The molecular weight excluding hydrogens is 452 g/mol. The molecule has 0 aromatic carbocycles. The summed E-state index contributed by atoms with van der Waals surface area (Å²) in [6.45, 7) is 11.0. The number of aromatic nitrogens is 3. The van der Waals surface area contributed by atoms with E-state index in [9.17, 15) is 4.79 Å². The van der Waals surface area contributed by atoms with E-state index in [1.54, 1.807) is 26.6 Å². The molecule has 186 valence electrons. The highest BCUT2D eigenvalue weighted by Crippen LogP contribution is 2.24. The van der Waals surface area contributed by atoms with Crippen LogP contribution in [0.3, 0.4) is 0 Å². The lowest BCUT2D eigenvalue weighted by Gasteiger charge is -2.25. The van der Waals surface area contributed by atoms with Crippen LogP contribution in [0.25, 0.3) is 10.6 Å². The van der Waals surface area contributed by atoms with Crippen molar-refractivity contribution < 1.29 is 9.53 Å². The van der Waals surface area contributed by atoms with E-state index in [1.807, 2.05) is 12.1 Å². The molecule has 0 aliphatic carbocycles. The van der Waals surface area contributed by atoms with E-state index in [4.69, 9.17) is 4.74 Å². The van der Waals surface area contributed by atoms with Gasteiger partial charge in [0.1, 0.15) is 10.8 Å². The molecule has 0 radical (unpaired) electrons. The van der Waals surface area contributed by atoms with E-state index in [0.717, 1.165) is 50.6 Å². The lowest BCUT2D eigenvalue weighted by atomic mass is 10.3. The SMILES string of the molecule is C/C=C/N1CCNCC1.CCN(CCOC)c1ccc(-c2nnc(C(=O)N/C=C/NC)s2)cn1. The Balaban J connectivity index is 0.000000379. The first-order chi connectivity index (χ1) is 16.6. The lowest BCUT2D eigenvalue weighted by Crippen LogP contribution is -2.40. The number of likely N-dealkylation sites (N-methyl/N-ethyl adjacent to an activating group) is 1. The van der Waals surface area contributed by atoms with Gasteiger partial charge in [0.05, 0.1) is 6.61 Å². The summed E-state index contributed by atoms with van der Waals surface area (Å²) in [6, 6.07) is 3.87. The van der Waals surface area contributed by atoms with Gasteiger partial charge in [0.2, 0.25) is 5.01 Å². The zero-order valence-corrected chi connectivity index (χ0v) is 21.3. The van der Waals surface area contributed by atoms with Crippen molar-refractivity contribution in [1.82, 2.24) is 36.0 Å². The zero-order valence-electron chi connectivity index (χ0n) is 20.5. The van der Waals surface area contributed by atoms with E-state index < -0.39 is 0 Å². The van der Waals surface area contributed by atoms with Gasteiger partial charge in [-0.2, -0.15) is 0 Å². The van der Waals surface area contributed by atoms with Gasteiger partial charge in [-0.15, -0.1) is 10.2 Å². The number of rotatable bonds is 10. The average molecular weight is 489 g/mol. The highest BCUT2D eigenvalue weighted by molar-refractivity contribution is 7.16. The van der Waals surface area contributed by atoms with Crippen LogP contribution < -0.4 is 20.9 Å². The number of allylic oxidation sites excluding steroid dienone is 1. The maximum Gasteiger partial charge on any atom is 0.286 e. The summed E-state index contributed by atoms with van der Waals surface area (Å²) >= 11 is 1.22. The molecule has 11 heteroatoms. The molecule has 34 heavy (non-hydrogen) atoms. The Morgan fingerprint density at radius 1 is 1.29 bits per heavy atom. The summed E-state index contributed by atoms with van der Waals surface area (Å²) in [5.41, 5.74) is 0.828. The third-order valence-electron chi connectivity index (χ3n) is 4.86. The standard InChI is InChI=1S/C16H22N6O2S.C7H14N2/c1-4-22(9-10-24-3)13-6-5-12(11-19-13)15-20-21-16(25-15)14(23)18-8-7-17-2;1-2-5-9-6-3-8-4-7-9/h5-8,11,17H,4,9-10H2,1-3H3,(H,18,23);2,5,8H,3-4,6-7H2,1H3/b8-7+;5-2+. The number of hydrogen-bond acceptors (Lipinski definition) is 10. The van der Waals surface area contributed by atoms with Crippen LogP contribution in [0, 0.1) is 0 Å². The van der Waals surface area contributed by atoms with Crippen molar-refractivity contribution in [3.63, 3.8) is 0 Å². The Kier molecular flexibility index (Phi) is 12.6. The molecule has 2 aromatic heterocycles. The largest absolute Gasteiger partial charge is 0.393 e. The predicted molar refractivity (Wildman–Crippen MR) is 138 cm³/mol. The number of nitrogens with one attached hydrogen (secondary N) is 3. The highest BCUT2D eigenvalue weighted by Gasteiger charge is 2.14. The van der Waals surface area contributed by atoms with Crippen LogP contribution in [0.1, 0.15) is 23.6 Å². The molecule has 0 atom stereocenters. The summed E-state index contributed by atoms with van der Waals surface area (Å²) in [6.07, 6.45) is 9.12. The number of amides is 1. The summed E-state index contributed by atoms with van der Waals surface area (Å²) < 4.78 is 5.12. The molecule has 2 aromatic rings. The Bertz CT molecular complexity index is 895. The Hall–Kier alpha value is -3.02. The van der Waals surface area contributed by atoms with Gasteiger partial charge >= 0.3 is 0 Å². The highest BCUT2D eigenvalue weighted by atomic mass is 32.1. The van der Waals surface area contributed by atoms with Crippen LogP contribution in [-0.2, 0) is 4.74 Å². The molecular formula is C23H36N8O2S. The zero-order chi connectivity index (χ0) is 24.6. The Morgan fingerprint density at radius 3 is 2.71 bits per heavy atom. The van der Waals surface area contributed by atoms with Crippen LogP contribution in [-0.4, -0.2) is 86.0 Å². The van der Waals surface area contributed by atoms with Crippen molar-refractivity contribution in [3.8, 4) is 10.6 Å². The lowest BCUT2D eigenvalue weighted by molar-refractivity contribution is 0.0969. The summed E-state index contributed by atoms with van der Waals surface area (Å²) in [7, 11) is 3.43. The number of carbonyl (C=O) groups is 1. The topological polar surface area (TPSA) is 108 Å². The van der Waals surface area contributed by atoms with Crippen molar-refractivity contribution in [2.45, 2.75) is 13.8 Å². The molecule has 3 N–H and O–H groups in total. The second-order valence-corrected chi connectivity index (χ2v) is 8.23. The molecule has 1 aliphatic heterocycles. The second-order valence-electron chi connectivity index (χ2n) is 7.25. The number of ether oxygens (including phenoxy) is 1. The first-order valence-electron chi connectivity index (χ1n) is 11.4. The summed E-state index contributed by atoms with van der Waals surface area (Å²) in [5.74, 6) is 0.583. The van der Waals surface area contributed by atoms with E-state index in [-0.39, 0.29) is 5.91 Å². The summed E-state index contributed by atoms with van der Waals surface area (Å²) in [5, 5.41) is 17.7. The van der Waals surface area contributed by atoms with E-state index >= 15 is 0 Å². The molecule has 3 heterocycles. The summed E-state index contributed by atoms with van der Waals surface area (Å²) in [4.78, 5) is 20.9. The Morgan fingerprint density at radius 2 is 2.09 bits per heavy atom. The minimum absolute atomic E-state index is 0.295. The van der Waals surface area contributed by atoms with Crippen LogP contribution in [0.15, 0.2) is 43.0 Å². The molecule has 1 aliphatic rings. The minimum Gasteiger partial charge on any atom is -0.393 e. The number of methoxy groups -OCH3 is 1. The van der Waals surface area contributed by atoms with Gasteiger partial charge in [-0.3, -0.25) is 4.79 Å². The fourth-order valence-electron chi connectivity index (χ4n) is 3.07. The monoisotopic (exact) mass is 488 g/mol. The van der Waals surface area contributed by atoms with Gasteiger partial charge in [0.15, 0.2) is 0 Å². The smallest absolute Gasteiger partial charge is 0.286 e. The van der Waals surface area contributed by atoms with E-state index in [1.165, 1.54) is 17.5 Å². The average Bonchev–Trinajstić information content (AvgIpc) is 3.37. The van der Waals surface area contributed by atoms with Crippen molar-refractivity contribution in [2.75, 3.05) is 64.9 Å². The van der Waals surface area contributed by atoms with Crippen molar-refractivity contribution >= 4 is 23.1 Å². The minimum atomic E-state index is -0.295. The second kappa shape index (κ2) is 15.8. The van der Waals surface area contributed by atoms with Crippen molar-refractivity contribution in [3.05, 3.63) is 48.0 Å². The number of nitrogens with zero attached hydrogens (tertiary/aromatic N) is 5. The van der Waals surface area contributed by atoms with E-state index in [2.05, 4.69) is 67.1 Å². The molecule has 1 saturated heterocycles. The van der Waals surface area contributed by atoms with Crippen LogP contribution in [0.2, 0.25) is 0 Å². The number of piperazine rings is 1. The fraction of sp³-hybridized carbons (Fsp3) is 0.478. The van der Waals surface area contributed by atoms with E-state index in [0.29, 0.717) is 16.6 Å². The van der Waals surface area contributed by atoms with Gasteiger partial charge in [-0.05, 0) is 32.2 Å². The van der Waals surface area contributed by atoms with Crippen LogP contribution in [0.5, 0.6) is 0 Å². The molecule has 0 bridgehead atoms. The molecule has 3 rings (SSSR count). The number of hydrogen-bond donors (Lipinski definition) is 3. The third kappa shape index (κ3) is 9.08. The van der Waals surface area contributed by atoms with Gasteiger partial charge in [0.25, 0.3) is 5.91 Å². The maximum atomic E-state index is 11.9. The maximum absolute atomic E-state index is 11.9. The molecule has 1 amide bonds. The molecule has 0 unspecified atom stereocenters. The predicted octanol–water partition coefficient (Wildman–Crippen LogP) is 1.92. The molecule has 1 fully saturated rings. The normalized spacial score (nSPS) is 13.6. The first-order valence-corrected chi connectivity index (χ1v) is 12.2. The van der Waals surface area contributed by atoms with Gasteiger partial charge in [-0.1, -0.05) is 17.4 Å². The number of pyridine rings is 1. The van der Waals surface area contributed by atoms with Crippen molar-refractivity contribution in [1.29, 1.82) is 0 Å². The third-order valence-corrected chi connectivity index (χ3v) is 5.83. The number of anilines is 1. The van der Waals surface area contributed by atoms with Crippen LogP contribution in [0.4, 0.5) is 5.82 Å². The molecule has 0 saturated carbocycles. The Labute approximate surface area is 206 Å². The van der Waals surface area contributed by atoms with Crippen molar-refractivity contribution in [2.24, 2.45) is 0 Å².